The quantitative estimate of drug-likeness (QED) is 0.646. The summed E-state index contributed by atoms with van der Waals surface area (Å²) < 4.78 is 68.2. The molecule has 2 rings (SSSR count). The molecule has 2 atom stereocenters. The number of aromatic nitrogens is 1. The van der Waals surface area contributed by atoms with Gasteiger partial charge in [-0.05, 0) is 41.8 Å². The van der Waals surface area contributed by atoms with Gasteiger partial charge in [0.15, 0.2) is 5.01 Å². The maximum absolute atomic E-state index is 12.9. The molecule has 1 aromatic heterocycles. The topological polar surface area (TPSA) is 103 Å². The van der Waals surface area contributed by atoms with Crippen molar-refractivity contribution in [2.24, 2.45) is 5.73 Å². The van der Waals surface area contributed by atoms with Gasteiger partial charge < -0.3 is 10.5 Å². The van der Waals surface area contributed by atoms with E-state index in [0.29, 0.717) is 17.1 Å². The Kier molecular flexibility index (Phi) is 5.64. The first kappa shape index (κ1) is 19.9. The molecule has 0 spiro atoms. The fourth-order valence-electron chi connectivity index (χ4n) is 2.15. The van der Waals surface area contributed by atoms with Crippen molar-refractivity contribution in [3.05, 3.63) is 23.9 Å². The monoisotopic (exact) mass is 445 g/mol. The van der Waals surface area contributed by atoms with Gasteiger partial charge in [0.05, 0.1) is 6.04 Å². The highest BCUT2D eigenvalue weighted by atomic mass is 79.9. The zero-order valence-corrected chi connectivity index (χ0v) is 15.3. The van der Waals surface area contributed by atoms with Crippen LogP contribution in [-0.4, -0.2) is 46.2 Å². The van der Waals surface area contributed by atoms with Gasteiger partial charge in [-0.25, -0.2) is 13.4 Å². The summed E-state index contributed by atoms with van der Waals surface area (Å²) >= 11 is 3.05. The number of primary amides is 1. The van der Waals surface area contributed by atoms with Gasteiger partial charge in [-0.1, -0.05) is 0 Å². The maximum Gasteiger partial charge on any atom is 0.511 e. The van der Waals surface area contributed by atoms with Crippen LogP contribution in [0.25, 0.3) is 0 Å². The van der Waals surface area contributed by atoms with E-state index in [2.05, 4.69) is 20.9 Å². The Balaban J connectivity index is 2.21. The van der Waals surface area contributed by atoms with E-state index in [1.165, 1.54) is 25.3 Å². The normalized spacial score (nSPS) is 18.0. The molecule has 1 heterocycles. The number of alkyl halides is 4. The molecular weight excluding hydrogens is 431 g/mol. The number of ether oxygens (including phenoxy) is 1. The number of rotatable bonds is 7. The van der Waals surface area contributed by atoms with Crippen LogP contribution < -0.4 is 10.5 Å². The molecule has 7 nitrogen and oxygen atoms in total. The second kappa shape index (κ2) is 7.08. The van der Waals surface area contributed by atoms with E-state index < -0.39 is 38.5 Å². The molecule has 1 fully saturated rings. The first-order chi connectivity index (χ1) is 11.4. The fraction of sp³-hybridized carbons (Fsp3) is 0.538. The fourth-order valence-corrected chi connectivity index (χ4v) is 4.15. The number of nitrogens with two attached hydrogens (primary N) is 1. The average molecular weight is 446 g/mol. The molecule has 140 valence electrons. The Labute approximate surface area is 150 Å². The molecule has 1 aromatic rings. The van der Waals surface area contributed by atoms with Gasteiger partial charge in [0, 0.05) is 23.9 Å². The Morgan fingerprint density at radius 2 is 2.08 bits per heavy atom. The molecule has 1 saturated carbocycles. The van der Waals surface area contributed by atoms with Crippen LogP contribution in [-0.2, 0) is 10.0 Å². The Morgan fingerprint density at radius 3 is 2.56 bits per heavy atom. The van der Waals surface area contributed by atoms with E-state index in [4.69, 9.17) is 10.5 Å². The Bertz CT molecular complexity index is 755. The number of hydrogen-bond donors (Lipinski definition) is 1. The molecule has 0 aromatic carbocycles. The molecule has 0 bridgehead atoms. The predicted octanol–water partition coefficient (Wildman–Crippen LogP) is 1.98. The van der Waals surface area contributed by atoms with Crippen LogP contribution >= 0.6 is 15.9 Å². The lowest BCUT2D eigenvalue weighted by Crippen LogP contribution is -2.51. The highest BCUT2D eigenvalue weighted by Crippen LogP contribution is 2.39. The number of carbonyl (C=O) groups is 1. The number of amides is 1. The molecule has 1 amide bonds. The summed E-state index contributed by atoms with van der Waals surface area (Å²) in [7, 11) is -5.50. The third-order valence-electron chi connectivity index (χ3n) is 3.51. The number of sulfonamides is 1. The molecule has 0 saturated heterocycles. The lowest BCUT2D eigenvalue weighted by molar-refractivity contribution is -0.0509. The van der Waals surface area contributed by atoms with Crippen molar-refractivity contribution in [1.29, 1.82) is 0 Å². The first-order valence-electron chi connectivity index (χ1n) is 7.11. The van der Waals surface area contributed by atoms with Gasteiger partial charge in [-0.2, -0.15) is 17.5 Å². The predicted molar refractivity (Wildman–Crippen MR) is 85.4 cm³/mol. The lowest BCUT2D eigenvalue weighted by Gasteiger charge is -2.31. The highest BCUT2D eigenvalue weighted by Gasteiger charge is 2.56. The smallest absolute Gasteiger partial charge is 0.461 e. The molecule has 1 aliphatic rings. The maximum atomic E-state index is 12.9. The van der Waals surface area contributed by atoms with Crippen molar-refractivity contribution < 1.29 is 31.1 Å². The van der Waals surface area contributed by atoms with Crippen molar-refractivity contribution in [3.8, 4) is 5.88 Å². The number of pyridine rings is 1. The number of nitrogens with zero attached hydrogens (tertiary/aromatic N) is 2. The van der Waals surface area contributed by atoms with Crippen molar-refractivity contribution in [2.75, 3.05) is 0 Å². The SMILES string of the molecule is C[C@@H](C(Br)Oc1cc(C(N)=O)ccn1)N(C1CC1)S(=O)(=O)C(F)(F)F. The van der Waals surface area contributed by atoms with Crippen molar-refractivity contribution in [2.45, 2.75) is 42.4 Å². The summed E-state index contributed by atoms with van der Waals surface area (Å²) in [5, 5.41) is -1.12. The van der Waals surface area contributed by atoms with Crippen LogP contribution in [0.2, 0.25) is 0 Å². The largest absolute Gasteiger partial charge is 0.511 e. The standard InChI is InChI=1S/C13H15BrF3N3O4S/c1-7(20(9-2-3-9)25(22,23)13(15,16)17)11(14)24-10-6-8(12(18)21)4-5-19-10/h4-7,9,11H,2-3H2,1H3,(H2,18,21)/t7-,11?/m0/s1. The lowest BCUT2D eigenvalue weighted by atomic mass is 10.2. The van der Waals surface area contributed by atoms with Crippen LogP contribution in [0.3, 0.4) is 0 Å². The van der Waals surface area contributed by atoms with Crippen LogP contribution in [0, 0.1) is 0 Å². The number of halogens is 4. The van der Waals surface area contributed by atoms with E-state index in [-0.39, 0.29) is 11.4 Å². The van der Waals surface area contributed by atoms with Gasteiger partial charge in [-0.15, -0.1) is 0 Å². The summed E-state index contributed by atoms with van der Waals surface area (Å²) in [6.45, 7) is 1.29. The second-order valence-electron chi connectivity index (χ2n) is 5.47. The summed E-state index contributed by atoms with van der Waals surface area (Å²) in [6, 6.07) is 0.656. The minimum absolute atomic E-state index is 0.0785. The van der Waals surface area contributed by atoms with E-state index in [1.807, 2.05) is 0 Å². The molecule has 12 heteroatoms. The minimum atomic E-state index is -5.50. The number of hydrogen-bond acceptors (Lipinski definition) is 5. The average Bonchev–Trinajstić information content (AvgIpc) is 3.30. The molecule has 1 unspecified atom stereocenters. The third-order valence-corrected chi connectivity index (χ3v) is 6.23. The van der Waals surface area contributed by atoms with E-state index in [0.717, 1.165) is 0 Å². The van der Waals surface area contributed by atoms with Crippen LogP contribution in [0.4, 0.5) is 13.2 Å². The van der Waals surface area contributed by atoms with Gasteiger partial charge in [0.25, 0.3) is 0 Å². The zero-order chi connectivity index (χ0) is 19.0. The van der Waals surface area contributed by atoms with Crippen molar-refractivity contribution in [3.63, 3.8) is 0 Å². The first-order valence-corrected chi connectivity index (χ1v) is 9.47. The molecule has 25 heavy (non-hydrogen) atoms. The van der Waals surface area contributed by atoms with Crippen molar-refractivity contribution >= 4 is 31.9 Å². The Morgan fingerprint density at radius 1 is 1.48 bits per heavy atom. The molecular formula is C13H15BrF3N3O4S. The van der Waals surface area contributed by atoms with Crippen molar-refractivity contribution in [1.82, 2.24) is 9.29 Å². The van der Waals surface area contributed by atoms with Crippen LogP contribution in [0.1, 0.15) is 30.1 Å². The van der Waals surface area contributed by atoms with Gasteiger partial charge >= 0.3 is 15.5 Å². The van der Waals surface area contributed by atoms with Crippen LogP contribution in [0.15, 0.2) is 18.3 Å². The second-order valence-corrected chi connectivity index (χ2v) is 8.21. The summed E-state index contributed by atoms with van der Waals surface area (Å²) in [5.41, 5.74) is -0.178. The molecule has 0 radical (unpaired) electrons. The van der Waals surface area contributed by atoms with Gasteiger partial charge in [-0.3, -0.25) is 4.79 Å². The van der Waals surface area contributed by atoms with Crippen LogP contribution in [0.5, 0.6) is 5.88 Å². The van der Waals surface area contributed by atoms with Gasteiger partial charge in [0.2, 0.25) is 11.8 Å². The molecule has 1 aliphatic carbocycles. The highest BCUT2D eigenvalue weighted by molar-refractivity contribution is 9.09. The summed E-state index contributed by atoms with van der Waals surface area (Å²) in [6.07, 6.45) is 1.93. The van der Waals surface area contributed by atoms with E-state index in [1.54, 1.807) is 0 Å². The third kappa shape index (κ3) is 4.42. The molecule has 0 aliphatic heterocycles. The zero-order valence-electron chi connectivity index (χ0n) is 12.9. The van der Waals surface area contributed by atoms with E-state index in [9.17, 15) is 26.4 Å². The van der Waals surface area contributed by atoms with E-state index >= 15 is 0 Å². The van der Waals surface area contributed by atoms with Gasteiger partial charge in [0.1, 0.15) is 0 Å². The number of carbonyl (C=O) groups excluding carboxylic acids is 1. The summed E-state index contributed by atoms with van der Waals surface area (Å²) in [4.78, 5) is 15.0. The summed E-state index contributed by atoms with van der Waals surface area (Å²) in [5.74, 6) is -0.809. The minimum Gasteiger partial charge on any atom is -0.461 e. The Hall–Kier alpha value is -1.40. The molecule has 2 N–H and O–H groups in total.